The van der Waals surface area contributed by atoms with Crippen LogP contribution in [-0.4, -0.2) is 24.4 Å². The molecule has 0 amide bonds. The molecule has 0 bridgehead atoms. The Balaban J connectivity index is 1.77. The Labute approximate surface area is 157 Å². The first-order chi connectivity index (χ1) is 12.5. The summed E-state index contributed by atoms with van der Waals surface area (Å²) in [5.74, 6) is 2.12. The molecule has 0 saturated heterocycles. The van der Waals surface area contributed by atoms with Crippen molar-refractivity contribution in [3.63, 3.8) is 0 Å². The number of nitrogens with zero attached hydrogens (tertiary/aromatic N) is 2. The molecule has 1 N–H and O–H groups in total. The maximum Gasteiger partial charge on any atom is 0.247 e. The van der Waals surface area contributed by atoms with Crippen molar-refractivity contribution in [2.24, 2.45) is 0 Å². The molecule has 136 valence electrons. The van der Waals surface area contributed by atoms with Crippen molar-refractivity contribution in [2.45, 2.75) is 20.4 Å². The van der Waals surface area contributed by atoms with E-state index in [0.717, 1.165) is 22.4 Å². The monoisotopic (exact) mass is 373 g/mol. The molecule has 1 heterocycles. The molecule has 1 aromatic heterocycles. The van der Waals surface area contributed by atoms with Crippen molar-refractivity contribution in [3.05, 3.63) is 52.4 Å². The minimum Gasteiger partial charge on any atom is -0.493 e. The van der Waals surface area contributed by atoms with Crippen molar-refractivity contribution in [3.8, 4) is 23.0 Å². The molecular weight excluding hydrogens is 354 g/mol. The lowest BCUT2D eigenvalue weighted by Crippen LogP contribution is -2.02. The largest absolute Gasteiger partial charge is 0.493 e. The van der Waals surface area contributed by atoms with E-state index >= 15 is 0 Å². The fourth-order valence-electron chi connectivity index (χ4n) is 2.71. The van der Waals surface area contributed by atoms with Gasteiger partial charge in [-0.3, -0.25) is 0 Å². The van der Waals surface area contributed by atoms with Crippen LogP contribution >= 0.6 is 11.6 Å². The van der Waals surface area contributed by atoms with Crippen LogP contribution in [-0.2, 0) is 6.54 Å². The van der Waals surface area contributed by atoms with E-state index in [1.54, 1.807) is 26.4 Å². The fraction of sp³-hybridized carbons (Fsp3) is 0.263. The molecule has 0 fully saturated rings. The van der Waals surface area contributed by atoms with E-state index in [9.17, 15) is 0 Å². The van der Waals surface area contributed by atoms with Crippen LogP contribution in [0.1, 0.15) is 17.0 Å². The highest BCUT2D eigenvalue weighted by molar-refractivity contribution is 6.33. The molecule has 0 atom stereocenters. The number of hydrogen-bond donors (Lipinski definition) is 1. The van der Waals surface area contributed by atoms with E-state index in [-0.39, 0.29) is 0 Å². The molecular formula is C19H20ClN3O3. The SMILES string of the molecule is COc1ccc(-c2nnc(CNc3c(C)cc(C)cc3Cl)o2)cc1OC. The quantitative estimate of drug-likeness (QED) is 0.679. The Morgan fingerprint density at radius 3 is 2.50 bits per heavy atom. The zero-order valence-electron chi connectivity index (χ0n) is 15.1. The van der Waals surface area contributed by atoms with Gasteiger partial charge in [0.1, 0.15) is 0 Å². The maximum absolute atomic E-state index is 6.31. The van der Waals surface area contributed by atoms with Crippen molar-refractivity contribution >= 4 is 17.3 Å². The normalized spacial score (nSPS) is 10.7. The molecule has 0 radical (unpaired) electrons. The van der Waals surface area contributed by atoms with Crippen molar-refractivity contribution < 1.29 is 13.9 Å². The second-order valence-corrected chi connectivity index (χ2v) is 6.27. The van der Waals surface area contributed by atoms with E-state index in [0.29, 0.717) is 34.8 Å². The van der Waals surface area contributed by atoms with Gasteiger partial charge in [-0.2, -0.15) is 0 Å². The lowest BCUT2D eigenvalue weighted by Gasteiger charge is -2.11. The minimum absolute atomic E-state index is 0.379. The number of benzene rings is 2. The molecule has 0 spiro atoms. The lowest BCUT2D eigenvalue weighted by atomic mass is 10.1. The van der Waals surface area contributed by atoms with Gasteiger partial charge in [0.2, 0.25) is 11.8 Å². The first kappa shape index (κ1) is 18.1. The van der Waals surface area contributed by atoms with Gasteiger partial charge in [0.15, 0.2) is 11.5 Å². The van der Waals surface area contributed by atoms with Gasteiger partial charge in [0.05, 0.1) is 31.5 Å². The van der Waals surface area contributed by atoms with Crippen LogP contribution in [0.25, 0.3) is 11.5 Å². The molecule has 2 aromatic carbocycles. The smallest absolute Gasteiger partial charge is 0.247 e. The first-order valence-corrected chi connectivity index (χ1v) is 8.45. The number of hydrogen-bond acceptors (Lipinski definition) is 6. The highest BCUT2D eigenvalue weighted by atomic mass is 35.5. The summed E-state index contributed by atoms with van der Waals surface area (Å²) in [7, 11) is 3.17. The number of nitrogens with one attached hydrogen (secondary N) is 1. The molecule has 3 rings (SSSR count). The number of aryl methyl sites for hydroxylation is 2. The molecule has 6 nitrogen and oxygen atoms in total. The summed E-state index contributed by atoms with van der Waals surface area (Å²) in [4.78, 5) is 0. The van der Waals surface area contributed by atoms with Gasteiger partial charge in [-0.25, -0.2) is 0 Å². The molecule has 0 aliphatic heterocycles. The second kappa shape index (κ2) is 7.66. The van der Waals surface area contributed by atoms with Gasteiger partial charge in [-0.15, -0.1) is 10.2 Å². The predicted molar refractivity (Wildman–Crippen MR) is 101 cm³/mol. The van der Waals surface area contributed by atoms with Crippen LogP contribution in [0.15, 0.2) is 34.7 Å². The average molecular weight is 374 g/mol. The fourth-order valence-corrected chi connectivity index (χ4v) is 3.10. The van der Waals surface area contributed by atoms with E-state index in [4.69, 9.17) is 25.5 Å². The van der Waals surface area contributed by atoms with Crippen molar-refractivity contribution in [1.29, 1.82) is 0 Å². The summed E-state index contributed by atoms with van der Waals surface area (Å²) in [6.07, 6.45) is 0. The zero-order valence-corrected chi connectivity index (χ0v) is 15.8. The third kappa shape index (κ3) is 3.75. The Hall–Kier alpha value is -2.73. The summed E-state index contributed by atoms with van der Waals surface area (Å²) in [6, 6.07) is 9.42. The maximum atomic E-state index is 6.31. The highest BCUT2D eigenvalue weighted by Crippen LogP contribution is 2.32. The Morgan fingerprint density at radius 1 is 1.04 bits per heavy atom. The van der Waals surface area contributed by atoms with Gasteiger partial charge in [0.25, 0.3) is 0 Å². The number of rotatable bonds is 6. The number of halogens is 1. The number of anilines is 1. The Kier molecular flexibility index (Phi) is 5.32. The van der Waals surface area contributed by atoms with Gasteiger partial charge < -0.3 is 19.2 Å². The summed E-state index contributed by atoms with van der Waals surface area (Å²) >= 11 is 6.31. The highest BCUT2D eigenvalue weighted by Gasteiger charge is 2.13. The zero-order chi connectivity index (χ0) is 18.7. The third-order valence-corrected chi connectivity index (χ3v) is 4.24. The summed E-state index contributed by atoms with van der Waals surface area (Å²) < 4.78 is 16.3. The van der Waals surface area contributed by atoms with E-state index in [2.05, 4.69) is 21.6 Å². The minimum atomic E-state index is 0.379. The van der Waals surface area contributed by atoms with Crippen LogP contribution in [0.4, 0.5) is 5.69 Å². The molecule has 0 unspecified atom stereocenters. The Morgan fingerprint density at radius 2 is 1.81 bits per heavy atom. The topological polar surface area (TPSA) is 69.4 Å². The number of ether oxygens (including phenoxy) is 2. The van der Waals surface area contributed by atoms with Gasteiger partial charge in [-0.05, 0) is 49.2 Å². The van der Waals surface area contributed by atoms with Crippen LogP contribution in [0, 0.1) is 13.8 Å². The van der Waals surface area contributed by atoms with Crippen LogP contribution in [0.3, 0.4) is 0 Å². The predicted octanol–water partition coefficient (Wildman–Crippen LogP) is 4.64. The Bertz CT molecular complexity index is 901. The average Bonchev–Trinajstić information content (AvgIpc) is 3.09. The van der Waals surface area contributed by atoms with Gasteiger partial charge in [0, 0.05) is 5.56 Å². The standard InChI is InChI=1S/C19H20ClN3O3/c1-11-7-12(2)18(14(20)8-11)21-10-17-22-23-19(26-17)13-5-6-15(24-3)16(9-13)25-4/h5-9,21H,10H2,1-4H3. The molecule has 3 aromatic rings. The molecule has 26 heavy (non-hydrogen) atoms. The van der Waals surface area contributed by atoms with Gasteiger partial charge in [-0.1, -0.05) is 17.7 Å². The first-order valence-electron chi connectivity index (χ1n) is 8.07. The third-order valence-electron chi connectivity index (χ3n) is 3.95. The van der Waals surface area contributed by atoms with Crippen molar-refractivity contribution in [2.75, 3.05) is 19.5 Å². The van der Waals surface area contributed by atoms with Crippen LogP contribution in [0.2, 0.25) is 5.02 Å². The molecule has 7 heteroatoms. The summed E-state index contributed by atoms with van der Waals surface area (Å²) in [5, 5.41) is 12.1. The molecule has 0 aliphatic rings. The molecule has 0 saturated carbocycles. The van der Waals surface area contributed by atoms with Gasteiger partial charge >= 0.3 is 0 Å². The van der Waals surface area contributed by atoms with Crippen molar-refractivity contribution in [1.82, 2.24) is 10.2 Å². The van der Waals surface area contributed by atoms with E-state index in [1.807, 2.05) is 26.0 Å². The number of methoxy groups -OCH3 is 2. The van der Waals surface area contributed by atoms with E-state index in [1.165, 1.54) is 0 Å². The summed E-state index contributed by atoms with van der Waals surface area (Å²) in [5.41, 5.74) is 3.80. The van der Waals surface area contributed by atoms with E-state index < -0.39 is 0 Å². The second-order valence-electron chi connectivity index (χ2n) is 5.86. The van der Waals surface area contributed by atoms with Crippen LogP contribution in [0.5, 0.6) is 11.5 Å². The lowest BCUT2D eigenvalue weighted by molar-refractivity contribution is 0.355. The number of aromatic nitrogens is 2. The summed E-state index contributed by atoms with van der Waals surface area (Å²) in [6.45, 7) is 4.39. The van der Waals surface area contributed by atoms with Crippen LogP contribution < -0.4 is 14.8 Å². The molecule has 0 aliphatic carbocycles.